The molecule has 3 rings (SSSR count). The molecule has 0 saturated carbocycles. The predicted molar refractivity (Wildman–Crippen MR) is 86.6 cm³/mol. The third-order valence-corrected chi connectivity index (χ3v) is 5.04. The number of aromatic nitrogens is 2. The molecule has 0 fully saturated rings. The first-order valence-electron chi connectivity index (χ1n) is 6.73. The summed E-state index contributed by atoms with van der Waals surface area (Å²) >= 11 is 3.27. The van der Waals surface area contributed by atoms with E-state index in [1.807, 2.05) is 31.3 Å². The second-order valence-corrected chi connectivity index (χ2v) is 7.13. The molecule has 0 radical (unpaired) electrons. The minimum absolute atomic E-state index is 0.0558. The van der Waals surface area contributed by atoms with Crippen LogP contribution >= 0.6 is 22.7 Å². The molecule has 108 valence electrons. The number of carbonyl (C=O) groups is 1. The second-order valence-electron chi connectivity index (χ2n) is 4.70. The van der Waals surface area contributed by atoms with Gasteiger partial charge in [0.15, 0.2) is 0 Å². The summed E-state index contributed by atoms with van der Waals surface area (Å²) in [6.45, 7) is 2.52. The molecule has 0 atom stereocenters. The maximum absolute atomic E-state index is 11.9. The van der Waals surface area contributed by atoms with E-state index in [1.54, 1.807) is 22.7 Å². The van der Waals surface area contributed by atoms with Crippen molar-refractivity contribution in [1.82, 2.24) is 15.3 Å². The van der Waals surface area contributed by atoms with Crippen molar-refractivity contribution in [2.45, 2.75) is 26.3 Å². The molecule has 4 nitrogen and oxygen atoms in total. The van der Waals surface area contributed by atoms with Crippen molar-refractivity contribution in [3.05, 3.63) is 45.4 Å². The lowest BCUT2D eigenvalue weighted by atomic mass is 10.3. The highest BCUT2D eigenvalue weighted by Crippen LogP contribution is 2.22. The molecule has 1 amide bonds. The van der Waals surface area contributed by atoms with Crippen molar-refractivity contribution < 1.29 is 4.79 Å². The molecule has 0 saturated heterocycles. The molecular weight excluding hydrogens is 302 g/mol. The van der Waals surface area contributed by atoms with E-state index in [9.17, 15) is 4.79 Å². The number of carbonyl (C=O) groups excluding carboxylic acids is 1. The maximum Gasteiger partial charge on any atom is 0.220 e. The van der Waals surface area contributed by atoms with Gasteiger partial charge in [-0.25, -0.2) is 9.97 Å². The number of fused-ring (bicyclic) bond motifs is 1. The van der Waals surface area contributed by atoms with Gasteiger partial charge in [0.25, 0.3) is 0 Å². The normalized spacial score (nSPS) is 10.9. The van der Waals surface area contributed by atoms with E-state index in [0.717, 1.165) is 20.4 Å². The Bertz CT molecular complexity index is 730. The van der Waals surface area contributed by atoms with Gasteiger partial charge in [-0.2, -0.15) is 0 Å². The number of hydrogen-bond donors (Lipinski definition) is 1. The minimum atomic E-state index is 0.0558. The largest absolute Gasteiger partial charge is 0.351 e. The Morgan fingerprint density at radius 1 is 1.29 bits per heavy atom. The first-order chi connectivity index (χ1) is 10.2. The molecule has 0 spiro atoms. The van der Waals surface area contributed by atoms with E-state index < -0.39 is 0 Å². The lowest BCUT2D eigenvalue weighted by Crippen LogP contribution is -2.22. The van der Waals surface area contributed by atoms with Gasteiger partial charge in [0.05, 0.1) is 26.8 Å². The summed E-state index contributed by atoms with van der Waals surface area (Å²) in [7, 11) is 0. The average Bonchev–Trinajstić information content (AvgIpc) is 3.08. The maximum atomic E-state index is 11.9. The van der Waals surface area contributed by atoms with Crippen molar-refractivity contribution in [3.63, 3.8) is 0 Å². The Morgan fingerprint density at radius 2 is 2.14 bits per heavy atom. The first-order valence-corrected chi connectivity index (χ1v) is 8.36. The number of nitrogens with one attached hydrogen (secondary N) is 1. The quantitative estimate of drug-likeness (QED) is 0.785. The molecule has 0 bridgehead atoms. The summed E-state index contributed by atoms with van der Waals surface area (Å²) in [6, 6.07) is 8.05. The highest BCUT2D eigenvalue weighted by atomic mass is 32.1. The molecule has 0 aliphatic rings. The van der Waals surface area contributed by atoms with Gasteiger partial charge in [-0.3, -0.25) is 4.79 Å². The topological polar surface area (TPSA) is 54.9 Å². The van der Waals surface area contributed by atoms with E-state index in [1.165, 1.54) is 4.70 Å². The number of thiazole rings is 2. The smallest absolute Gasteiger partial charge is 0.220 e. The van der Waals surface area contributed by atoms with Crippen LogP contribution in [0, 0.1) is 6.92 Å². The van der Waals surface area contributed by atoms with Crippen LogP contribution in [-0.2, 0) is 17.8 Å². The van der Waals surface area contributed by atoms with Gasteiger partial charge in [-0.05, 0) is 19.1 Å². The van der Waals surface area contributed by atoms with Crippen molar-refractivity contribution in [2.75, 3.05) is 0 Å². The van der Waals surface area contributed by atoms with Crippen LogP contribution in [-0.4, -0.2) is 15.9 Å². The summed E-state index contributed by atoms with van der Waals surface area (Å²) in [5.74, 6) is 0.0558. The van der Waals surface area contributed by atoms with Gasteiger partial charge in [0.1, 0.15) is 0 Å². The monoisotopic (exact) mass is 317 g/mol. The zero-order chi connectivity index (χ0) is 14.7. The Hall–Kier alpha value is -1.79. The Labute approximate surface area is 130 Å². The molecule has 2 heterocycles. The van der Waals surface area contributed by atoms with E-state index in [2.05, 4.69) is 21.4 Å². The molecule has 0 unspecified atom stereocenters. The van der Waals surface area contributed by atoms with Crippen molar-refractivity contribution in [3.8, 4) is 0 Å². The molecule has 2 aromatic heterocycles. The SMILES string of the molecule is Cc1ncc(CNC(=O)CCc2nc3ccccc3s2)s1. The fourth-order valence-corrected chi connectivity index (χ4v) is 3.71. The molecule has 1 aromatic carbocycles. The number of nitrogens with zero attached hydrogens (tertiary/aromatic N) is 2. The van der Waals surface area contributed by atoms with Crippen LogP contribution in [0.4, 0.5) is 0 Å². The zero-order valence-corrected chi connectivity index (χ0v) is 13.3. The van der Waals surface area contributed by atoms with Crippen LogP contribution in [0.25, 0.3) is 10.2 Å². The van der Waals surface area contributed by atoms with E-state index in [4.69, 9.17) is 0 Å². The minimum Gasteiger partial charge on any atom is -0.351 e. The fourth-order valence-electron chi connectivity index (χ4n) is 2.01. The first kappa shape index (κ1) is 14.2. The van der Waals surface area contributed by atoms with Crippen molar-refractivity contribution >= 4 is 38.8 Å². The van der Waals surface area contributed by atoms with Crippen LogP contribution in [0.3, 0.4) is 0 Å². The highest BCUT2D eigenvalue weighted by molar-refractivity contribution is 7.18. The molecule has 6 heteroatoms. The second kappa shape index (κ2) is 6.32. The van der Waals surface area contributed by atoms with Gasteiger partial charge in [0.2, 0.25) is 5.91 Å². The zero-order valence-electron chi connectivity index (χ0n) is 11.6. The van der Waals surface area contributed by atoms with Crippen LogP contribution < -0.4 is 5.32 Å². The number of para-hydroxylation sites is 1. The van der Waals surface area contributed by atoms with Gasteiger partial charge in [-0.1, -0.05) is 12.1 Å². The summed E-state index contributed by atoms with van der Waals surface area (Å²) in [5, 5.41) is 4.96. The van der Waals surface area contributed by atoms with Crippen molar-refractivity contribution in [2.24, 2.45) is 0 Å². The summed E-state index contributed by atoms with van der Waals surface area (Å²) < 4.78 is 1.17. The molecule has 21 heavy (non-hydrogen) atoms. The van der Waals surface area contributed by atoms with E-state index in [-0.39, 0.29) is 5.91 Å². The van der Waals surface area contributed by atoms with Crippen molar-refractivity contribution in [1.29, 1.82) is 0 Å². The van der Waals surface area contributed by atoms with E-state index in [0.29, 0.717) is 19.4 Å². The summed E-state index contributed by atoms with van der Waals surface area (Å²) in [6.07, 6.45) is 2.97. The lowest BCUT2D eigenvalue weighted by molar-refractivity contribution is -0.121. The summed E-state index contributed by atoms with van der Waals surface area (Å²) in [5.41, 5.74) is 1.01. The number of benzene rings is 1. The number of aryl methyl sites for hydroxylation is 2. The van der Waals surface area contributed by atoms with Gasteiger partial charge >= 0.3 is 0 Å². The summed E-state index contributed by atoms with van der Waals surface area (Å²) in [4.78, 5) is 21.7. The van der Waals surface area contributed by atoms with Gasteiger partial charge < -0.3 is 5.32 Å². The van der Waals surface area contributed by atoms with Crippen LogP contribution in [0.15, 0.2) is 30.5 Å². The van der Waals surface area contributed by atoms with Crippen LogP contribution in [0.2, 0.25) is 0 Å². The van der Waals surface area contributed by atoms with Gasteiger partial charge in [-0.15, -0.1) is 22.7 Å². The number of amides is 1. The van der Waals surface area contributed by atoms with Gasteiger partial charge in [0, 0.05) is 23.9 Å². The third-order valence-electron chi connectivity index (χ3n) is 3.03. The lowest BCUT2D eigenvalue weighted by Gasteiger charge is -2.01. The number of hydrogen-bond acceptors (Lipinski definition) is 5. The van der Waals surface area contributed by atoms with Crippen LogP contribution in [0.5, 0.6) is 0 Å². The molecule has 0 aliphatic heterocycles. The Morgan fingerprint density at radius 3 is 2.90 bits per heavy atom. The predicted octanol–water partition coefficient (Wildman–Crippen LogP) is 3.31. The number of rotatable bonds is 5. The fraction of sp³-hybridized carbons (Fsp3) is 0.267. The Balaban J connectivity index is 1.51. The Kier molecular flexibility index (Phi) is 4.26. The molecule has 0 aliphatic carbocycles. The molecular formula is C15H15N3OS2. The van der Waals surface area contributed by atoms with E-state index >= 15 is 0 Å². The van der Waals surface area contributed by atoms with Crippen LogP contribution in [0.1, 0.15) is 21.3 Å². The standard InChI is InChI=1S/C15H15N3OS2/c1-10-16-8-11(20-10)9-17-14(19)6-7-15-18-12-4-2-3-5-13(12)21-15/h2-5,8H,6-7,9H2,1H3,(H,17,19). The third kappa shape index (κ3) is 3.65. The average molecular weight is 317 g/mol. The molecule has 3 aromatic rings. The molecule has 1 N–H and O–H groups in total. The highest BCUT2D eigenvalue weighted by Gasteiger charge is 2.07.